The lowest BCUT2D eigenvalue weighted by molar-refractivity contribution is 0.274. The number of aliphatic hydroxyl groups is 1. The van der Waals surface area contributed by atoms with E-state index in [9.17, 15) is 5.11 Å². The number of nitrogens with zero attached hydrogens (tertiary/aromatic N) is 3. The summed E-state index contributed by atoms with van der Waals surface area (Å²) >= 11 is 1.56. The highest BCUT2D eigenvalue weighted by Crippen LogP contribution is 2.35. The summed E-state index contributed by atoms with van der Waals surface area (Å²) in [5.74, 6) is 1.09. The fourth-order valence-electron chi connectivity index (χ4n) is 2.40. The molecular formula is C16H19N3O2S. The Kier molecular flexibility index (Phi) is 3.88. The number of ether oxygens (including phenoxy) is 1. The van der Waals surface area contributed by atoms with E-state index in [4.69, 9.17) is 4.74 Å². The summed E-state index contributed by atoms with van der Waals surface area (Å²) in [5.41, 5.74) is 3.43. The van der Waals surface area contributed by atoms with Gasteiger partial charge in [0.15, 0.2) is 0 Å². The Bertz CT molecular complexity index is 820. The molecule has 0 radical (unpaired) electrons. The van der Waals surface area contributed by atoms with Crippen LogP contribution in [-0.2, 0) is 6.61 Å². The highest BCUT2D eigenvalue weighted by Gasteiger charge is 2.20. The van der Waals surface area contributed by atoms with Crippen LogP contribution in [-0.4, -0.2) is 26.8 Å². The second kappa shape index (κ2) is 5.70. The summed E-state index contributed by atoms with van der Waals surface area (Å²) in [6.45, 7) is 6.10. The third-order valence-electron chi connectivity index (χ3n) is 3.57. The lowest BCUT2D eigenvalue weighted by Gasteiger charge is -2.09. The Balaban J connectivity index is 2.23. The molecule has 116 valence electrons. The number of hydrogen-bond acceptors (Lipinski definition) is 5. The monoisotopic (exact) mass is 317 g/mol. The van der Waals surface area contributed by atoms with Crippen LogP contribution in [0.4, 0.5) is 0 Å². The second-order valence-corrected chi connectivity index (χ2v) is 6.55. The molecule has 0 aliphatic rings. The van der Waals surface area contributed by atoms with Gasteiger partial charge in [-0.05, 0) is 19.1 Å². The molecule has 0 fully saturated rings. The molecule has 0 spiro atoms. The van der Waals surface area contributed by atoms with Crippen LogP contribution < -0.4 is 4.74 Å². The minimum Gasteiger partial charge on any atom is -0.496 e. The molecular weight excluding hydrogens is 298 g/mol. The molecule has 22 heavy (non-hydrogen) atoms. The second-order valence-electron chi connectivity index (χ2n) is 5.56. The van der Waals surface area contributed by atoms with Gasteiger partial charge < -0.3 is 9.84 Å². The third kappa shape index (κ3) is 2.38. The minimum absolute atomic E-state index is 0.116. The summed E-state index contributed by atoms with van der Waals surface area (Å²) in [7, 11) is 1.64. The Morgan fingerprint density at radius 1 is 1.36 bits per heavy atom. The average molecular weight is 317 g/mol. The van der Waals surface area contributed by atoms with Crippen molar-refractivity contribution in [3.05, 3.63) is 34.5 Å². The minimum atomic E-state index is -0.116. The smallest absolute Gasteiger partial charge is 0.213 e. The van der Waals surface area contributed by atoms with Crippen LogP contribution in [0, 0.1) is 6.92 Å². The van der Waals surface area contributed by atoms with E-state index in [-0.39, 0.29) is 6.61 Å². The van der Waals surface area contributed by atoms with Crippen LogP contribution in [0.5, 0.6) is 5.75 Å². The van der Waals surface area contributed by atoms with Crippen molar-refractivity contribution in [3.8, 4) is 17.0 Å². The van der Waals surface area contributed by atoms with E-state index in [1.807, 2.05) is 25.1 Å². The number of benzene rings is 1. The van der Waals surface area contributed by atoms with Crippen LogP contribution >= 0.6 is 11.3 Å². The van der Waals surface area contributed by atoms with E-state index in [0.29, 0.717) is 11.6 Å². The summed E-state index contributed by atoms with van der Waals surface area (Å²) in [5, 5.41) is 15.4. The van der Waals surface area contributed by atoms with Gasteiger partial charge in [-0.1, -0.05) is 36.8 Å². The maximum atomic E-state index is 9.81. The molecule has 0 saturated carbocycles. The van der Waals surface area contributed by atoms with Gasteiger partial charge in [-0.15, -0.1) is 0 Å². The van der Waals surface area contributed by atoms with E-state index in [1.54, 1.807) is 23.0 Å². The van der Waals surface area contributed by atoms with Gasteiger partial charge in [0.25, 0.3) is 0 Å². The summed E-state index contributed by atoms with van der Waals surface area (Å²) in [6.07, 6.45) is 0. The first-order valence-corrected chi connectivity index (χ1v) is 8.01. The zero-order valence-electron chi connectivity index (χ0n) is 13.1. The molecule has 0 amide bonds. The molecule has 0 unspecified atom stereocenters. The predicted octanol–water partition coefficient (Wildman–Crippen LogP) is 3.39. The molecule has 1 N–H and O–H groups in total. The van der Waals surface area contributed by atoms with Crippen LogP contribution in [0.1, 0.15) is 36.0 Å². The molecule has 3 aromatic rings. The summed E-state index contributed by atoms with van der Waals surface area (Å²) in [6, 6.07) is 5.94. The fourth-order valence-corrected chi connectivity index (χ4v) is 3.32. The van der Waals surface area contributed by atoms with Crippen LogP contribution in [0.25, 0.3) is 16.2 Å². The zero-order valence-corrected chi connectivity index (χ0v) is 13.9. The van der Waals surface area contributed by atoms with E-state index in [1.165, 1.54) is 0 Å². The summed E-state index contributed by atoms with van der Waals surface area (Å²) in [4.78, 5) is 5.48. The Morgan fingerprint density at radius 3 is 2.77 bits per heavy atom. The predicted molar refractivity (Wildman–Crippen MR) is 87.6 cm³/mol. The van der Waals surface area contributed by atoms with Crippen molar-refractivity contribution < 1.29 is 9.84 Å². The number of aryl methyl sites for hydroxylation is 1. The molecule has 0 atom stereocenters. The summed E-state index contributed by atoms with van der Waals surface area (Å²) < 4.78 is 7.19. The Labute approximate surface area is 133 Å². The Hall–Kier alpha value is -1.92. The van der Waals surface area contributed by atoms with Gasteiger partial charge in [0.1, 0.15) is 16.5 Å². The SMILES string of the molecule is COc1ccc(C)cc1-c1nc2sc(C(C)C)nn2c1CO. The topological polar surface area (TPSA) is 59.7 Å². The van der Waals surface area contributed by atoms with Crippen LogP contribution in [0.15, 0.2) is 18.2 Å². The van der Waals surface area contributed by atoms with E-state index < -0.39 is 0 Å². The molecule has 1 aromatic carbocycles. The molecule has 2 aromatic heterocycles. The van der Waals surface area contributed by atoms with Crippen molar-refractivity contribution in [2.75, 3.05) is 7.11 Å². The van der Waals surface area contributed by atoms with Gasteiger partial charge in [-0.25, -0.2) is 9.50 Å². The van der Waals surface area contributed by atoms with E-state index in [2.05, 4.69) is 23.9 Å². The molecule has 0 saturated heterocycles. The third-order valence-corrected chi connectivity index (χ3v) is 4.77. The number of aliphatic hydroxyl groups excluding tert-OH is 1. The number of aromatic nitrogens is 3. The molecule has 0 aliphatic carbocycles. The molecule has 0 bridgehead atoms. The molecule has 0 aliphatic heterocycles. The van der Waals surface area contributed by atoms with Gasteiger partial charge in [0.05, 0.1) is 19.4 Å². The van der Waals surface area contributed by atoms with E-state index in [0.717, 1.165) is 32.5 Å². The van der Waals surface area contributed by atoms with Crippen molar-refractivity contribution in [1.29, 1.82) is 0 Å². The number of fused-ring (bicyclic) bond motifs is 1. The molecule has 3 rings (SSSR count). The highest BCUT2D eigenvalue weighted by molar-refractivity contribution is 7.16. The number of imidazole rings is 1. The maximum Gasteiger partial charge on any atom is 0.213 e. The maximum absolute atomic E-state index is 9.81. The van der Waals surface area contributed by atoms with Gasteiger partial charge >= 0.3 is 0 Å². The molecule has 2 heterocycles. The van der Waals surface area contributed by atoms with Crippen LogP contribution in [0.3, 0.4) is 0 Å². The van der Waals surface area contributed by atoms with Crippen molar-refractivity contribution in [2.45, 2.75) is 33.3 Å². The largest absolute Gasteiger partial charge is 0.496 e. The molecule has 5 nitrogen and oxygen atoms in total. The van der Waals surface area contributed by atoms with Gasteiger partial charge in [-0.2, -0.15) is 5.10 Å². The van der Waals surface area contributed by atoms with Crippen molar-refractivity contribution in [3.63, 3.8) is 0 Å². The standard InChI is InChI=1S/C16H19N3O2S/c1-9(2)15-18-19-12(8-20)14(17-16(19)22-15)11-7-10(3)5-6-13(11)21-4/h5-7,9,20H,8H2,1-4H3. The number of hydrogen-bond donors (Lipinski definition) is 1. The van der Waals surface area contributed by atoms with Gasteiger partial charge in [0, 0.05) is 11.5 Å². The van der Waals surface area contributed by atoms with Gasteiger partial charge in [0.2, 0.25) is 4.96 Å². The average Bonchev–Trinajstić information content (AvgIpc) is 3.04. The lowest BCUT2D eigenvalue weighted by atomic mass is 10.1. The van der Waals surface area contributed by atoms with Crippen molar-refractivity contribution >= 4 is 16.3 Å². The highest BCUT2D eigenvalue weighted by atomic mass is 32.1. The normalized spacial score (nSPS) is 11.5. The van der Waals surface area contributed by atoms with Crippen molar-refractivity contribution in [1.82, 2.24) is 14.6 Å². The first-order chi connectivity index (χ1) is 10.5. The van der Waals surface area contributed by atoms with Crippen molar-refractivity contribution in [2.24, 2.45) is 0 Å². The van der Waals surface area contributed by atoms with Gasteiger partial charge in [-0.3, -0.25) is 0 Å². The number of rotatable bonds is 4. The quantitative estimate of drug-likeness (QED) is 0.801. The Morgan fingerprint density at radius 2 is 2.14 bits per heavy atom. The first-order valence-electron chi connectivity index (χ1n) is 7.19. The lowest BCUT2D eigenvalue weighted by Crippen LogP contribution is -1.98. The van der Waals surface area contributed by atoms with Crippen LogP contribution in [0.2, 0.25) is 0 Å². The zero-order chi connectivity index (χ0) is 15.9. The first kappa shape index (κ1) is 15.0. The van der Waals surface area contributed by atoms with E-state index >= 15 is 0 Å². The number of methoxy groups -OCH3 is 1. The fraction of sp³-hybridized carbons (Fsp3) is 0.375. The molecule has 6 heteroatoms.